The maximum Gasteiger partial charge on any atom is 0.244 e. The molecule has 2 aliphatic rings. The molecule has 2 saturated heterocycles. The fraction of sp³-hybridized carbons (Fsp3) is 0.562. The molecular formula is C16H23N3O2. The summed E-state index contributed by atoms with van der Waals surface area (Å²) in [7, 11) is 0. The zero-order valence-electron chi connectivity index (χ0n) is 12.3. The lowest BCUT2D eigenvalue weighted by Gasteiger charge is -2.32. The maximum absolute atomic E-state index is 12.5. The Hall–Kier alpha value is -1.43. The Morgan fingerprint density at radius 2 is 1.90 bits per heavy atom. The van der Waals surface area contributed by atoms with Crippen molar-refractivity contribution in [1.29, 1.82) is 0 Å². The van der Waals surface area contributed by atoms with E-state index in [9.17, 15) is 4.79 Å². The third kappa shape index (κ3) is 3.26. The van der Waals surface area contributed by atoms with E-state index in [1.807, 2.05) is 35.2 Å². The van der Waals surface area contributed by atoms with E-state index in [1.54, 1.807) is 0 Å². The predicted octanol–water partition coefficient (Wildman–Crippen LogP) is 0.620. The molecule has 0 aromatic heterocycles. The van der Waals surface area contributed by atoms with Gasteiger partial charge in [0.2, 0.25) is 5.91 Å². The molecule has 2 N–H and O–H groups in total. The van der Waals surface area contributed by atoms with E-state index in [2.05, 4.69) is 4.90 Å². The lowest BCUT2D eigenvalue weighted by Crippen LogP contribution is -2.46. The van der Waals surface area contributed by atoms with Crippen LogP contribution < -0.4 is 5.73 Å². The van der Waals surface area contributed by atoms with Crippen molar-refractivity contribution in [1.82, 2.24) is 9.80 Å². The number of hydrogen-bond acceptors (Lipinski definition) is 4. The molecule has 1 aromatic rings. The minimum absolute atomic E-state index is 0.0389. The van der Waals surface area contributed by atoms with Crippen LogP contribution in [-0.2, 0) is 9.53 Å². The number of ether oxygens (including phenoxy) is 1. The van der Waals surface area contributed by atoms with E-state index in [4.69, 9.17) is 10.5 Å². The van der Waals surface area contributed by atoms with Crippen molar-refractivity contribution in [3.63, 3.8) is 0 Å². The first-order chi connectivity index (χ1) is 10.3. The molecule has 1 unspecified atom stereocenters. The van der Waals surface area contributed by atoms with Crippen LogP contribution in [0.3, 0.4) is 0 Å². The van der Waals surface area contributed by atoms with Crippen LogP contribution >= 0.6 is 0 Å². The second kappa shape index (κ2) is 6.56. The van der Waals surface area contributed by atoms with Gasteiger partial charge in [-0.2, -0.15) is 0 Å². The van der Waals surface area contributed by atoms with E-state index < -0.39 is 6.04 Å². The minimum atomic E-state index is -0.547. The van der Waals surface area contributed by atoms with Crippen LogP contribution in [0.25, 0.3) is 0 Å². The van der Waals surface area contributed by atoms with E-state index in [0.29, 0.717) is 6.04 Å². The summed E-state index contributed by atoms with van der Waals surface area (Å²) in [5.74, 6) is 0.0389. The number of carbonyl (C=O) groups excluding carboxylic acids is 1. The van der Waals surface area contributed by atoms with Gasteiger partial charge in [0.1, 0.15) is 6.04 Å². The molecule has 2 fully saturated rings. The number of benzene rings is 1. The molecule has 5 heteroatoms. The Morgan fingerprint density at radius 3 is 2.62 bits per heavy atom. The molecule has 0 bridgehead atoms. The van der Waals surface area contributed by atoms with Gasteiger partial charge < -0.3 is 15.4 Å². The second-order valence-electron chi connectivity index (χ2n) is 5.76. The van der Waals surface area contributed by atoms with Crippen LogP contribution in [0.1, 0.15) is 18.0 Å². The molecule has 5 nitrogen and oxygen atoms in total. The minimum Gasteiger partial charge on any atom is -0.379 e. The maximum atomic E-state index is 12.5. The van der Waals surface area contributed by atoms with Gasteiger partial charge in [0.05, 0.1) is 13.2 Å². The SMILES string of the molecule is N[C@@H](C(=O)N1CCC(N2CCOCC2)C1)c1ccccc1. The number of rotatable bonds is 3. The molecule has 0 radical (unpaired) electrons. The first-order valence-electron chi connectivity index (χ1n) is 7.67. The first-order valence-corrected chi connectivity index (χ1v) is 7.67. The molecular weight excluding hydrogens is 266 g/mol. The molecule has 114 valence electrons. The molecule has 2 aliphatic heterocycles. The monoisotopic (exact) mass is 289 g/mol. The Kier molecular flexibility index (Phi) is 4.53. The average Bonchev–Trinajstić information content (AvgIpc) is 3.05. The fourth-order valence-electron chi connectivity index (χ4n) is 3.18. The summed E-state index contributed by atoms with van der Waals surface area (Å²) in [5, 5.41) is 0. The van der Waals surface area contributed by atoms with Crippen molar-refractivity contribution in [2.45, 2.75) is 18.5 Å². The Morgan fingerprint density at radius 1 is 1.19 bits per heavy atom. The quantitative estimate of drug-likeness (QED) is 0.886. The van der Waals surface area contributed by atoms with Crippen LogP contribution in [0.5, 0.6) is 0 Å². The summed E-state index contributed by atoms with van der Waals surface area (Å²) in [4.78, 5) is 16.9. The van der Waals surface area contributed by atoms with Gasteiger partial charge in [0.15, 0.2) is 0 Å². The number of likely N-dealkylation sites (tertiary alicyclic amines) is 1. The zero-order valence-corrected chi connectivity index (χ0v) is 12.3. The van der Waals surface area contributed by atoms with Gasteiger partial charge in [-0.1, -0.05) is 30.3 Å². The topological polar surface area (TPSA) is 58.8 Å². The summed E-state index contributed by atoms with van der Waals surface area (Å²) < 4.78 is 5.39. The molecule has 3 rings (SSSR count). The van der Waals surface area contributed by atoms with Gasteiger partial charge in [0.25, 0.3) is 0 Å². The van der Waals surface area contributed by atoms with E-state index in [0.717, 1.165) is 51.4 Å². The van der Waals surface area contributed by atoms with Crippen LogP contribution in [0.4, 0.5) is 0 Å². The highest BCUT2D eigenvalue weighted by atomic mass is 16.5. The van der Waals surface area contributed by atoms with Gasteiger partial charge in [-0.15, -0.1) is 0 Å². The van der Waals surface area contributed by atoms with Gasteiger partial charge in [0, 0.05) is 32.2 Å². The number of amides is 1. The van der Waals surface area contributed by atoms with Crippen molar-refractivity contribution in [2.75, 3.05) is 39.4 Å². The van der Waals surface area contributed by atoms with Gasteiger partial charge in [-0.05, 0) is 12.0 Å². The van der Waals surface area contributed by atoms with Gasteiger partial charge in [-0.3, -0.25) is 9.69 Å². The predicted molar refractivity (Wildman–Crippen MR) is 80.7 cm³/mol. The molecule has 0 spiro atoms. The molecule has 1 amide bonds. The van der Waals surface area contributed by atoms with E-state index >= 15 is 0 Å². The summed E-state index contributed by atoms with van der Waals surface area (Å²) in [6.07, 6.45) is 1.03. The van der Waals surface area contributed by atoms with Crippen molar-refractivity contribution in [3.8, 4) is 0 Å². The summed E-state index contributed by atoms with van der Waals surface area (Å²) >= 11 is 0. The molecule has 1 aromatic carbocycles. The van der Waals surface area contributed by atoms with Crippen LogP contribution in [0, 0.1) is 0 Å². The van der Waals surface area contributed by atoms with Gasteiger partial charge in [-0.25, -0.2) is 0 Å². The van der Waals surface area contributed by atoms with Crippen molar-refractivity contribution < 1.29 is 9.53 Å². The summed E-state index contributed by atoms with van der Waals surface area (Å²) in [6.45, 7) is 5.14. The number of nitrogens with two attached hydrogens (primary N) is 1. The lowest BCUT2D eigenvalue weighted by molar-refractivity contribution is -0.131. The highest BCUT2D eigenvalue weighted by Crippen LogP contribution is 2.21. The average molecular weight is 289 g/mol. The number of hydrogen-bond donors (Lipinski definition) is 1. The number of nitrogens with zero attached hydrogens (tertiary/aromatic N) is 2. The standard InChI is InChI=1S/C16H23N3O2/c17-15(13-4-2-1-3-5-13)16(20)19-7-6-14(12-19)18-8-10-21-11-9-18/h1-5,14-15H,6-12,17H2/t14?,15-/m1/s1. The number of carbonyl (C=O) groups is 1. The Balaban J connectivity index is 1.59. The van der Waals surface area contributed by atoms with Crippen molar-refractivity contribution in [3.05, 3.63) is 35.9 Å². The van der Waals surface area contributed by atoms with Crippen molar-refractivity contribution >= 4 is 5.91 Å². The second-order valence-corrected chi connectivity index (χ2v) is 5.76. The highest BCUT2D eigenvalue weighted by Gasteiger charge is 2.33. The normalized spacial score (nSPS) is 25.0. The third-order valence-corrected chi connectivity index (χ3v) is 4.46. The zero-order chi connectivity index (χ0) is 14.7. The van der Waals surface area contributed by atoms with Crippen LogP contribution in [0.15, 0.2) is 30.3 Å². The molecule has 2 atom stereocenters. The van der Waals surface area contributed by atoms with Gasteiger partial charge >= 0.3 is 0 Å². The first kappa shape index (κ1) is 14.5. The molecule has 2 heterocycles. The molecule has 21 heavy (non-hydrogen) atoms. The highest BCUT2D eigenvalue weighted by molar-refractivity contribution is 5.83. The van der Waals surface area contributed by atoms with Crippen LogP contribution in [0.2, 0.25) is 0 Å². The third-order valence-electron chi connectivity index (χ3n) is 4.46. The van der Waals surface area contributed by atoms with E-state index in [1.165, 1.54) is 0 Å². The smallest absolute Gasteiger partial charge is 0.244 e. The Bertz CT molecular complexity index is 474. The van der Waals surface area contributed by atoms with Crippen molar-refractivity contribution in [2.24, 2.45) is 5.73 Å². The van der Waals surface area contributed by atoms with Crippen LogP contribution in [-0.4, -0.2) is 61.1 Å². The summed E-state index contributed by atoms with van der Waals surface area (Å²) in [5.41, 5.74) is 7.00. The fourth-order valence-corrected chi connectivity index (χ4v) is 3.18. The largest absolute Gasteiger partial charge is 0.379 e. The number of morpholine rings is 1. The van der Waals surface area contributed by atoms with E-state index in [-0.39, 0.29) is 5.91 Å². The Labute approximate surface area is 125 Å². The molecule has 0 saturated carbocycles. The molecule has 0 aliphatic carbocycles. The summed E-state index contributed by atoms with van der Waals surface area (Å²) in [6, 6.07) is 9.52. The lowest BCUT2D eigenvalue weighted by atomic mass is 10.1.